The van der Waals surface area contributed by atoms with Gasteiger partial charge in [0.25, 0.3) is 10.1 Å². The van der Waals surface area contributed by atoms with Crippen molar-refractivity contribution in [2.45, 2.75) is 12.2 Å². The fraction of sp³-hybridized carbons (Fsp3) is 0.400. The number of carbonyl (C=O) groups is 1. The summed E-state index contributed by atoms with van der Waals surface area (Å²) in [6.07, 6.45) is 1.38. The molecule has 1 N–H and O–H groups in total. The predicted molar refractivity (Wildman–Crippen MR) is 35.2 cm³/mol. The maximum Gasteiger partial charge on any atom is 0.271 e. The van der Waals surface area contributed by atoms with E-state index >= 15 is 0 Å². The van der Waals surface area contributed by atoms with Crippen LogP contribution >= 0.6 is 0 Å². The van der Waals surface area contributed by atoms with E-state index in [2.05, 4.69) is 0 Å². The van der Waals surface area contributed by atoms with Gasteiger partial charge in [0.2, 0.25) is 0 Å². The Labute approximate surface area is 64.1 Å². The Morgan fingerprint density at radius 2 is 2.09 bits per heavy atom. The van der Waals surface area contributed by atoms with Gasteiger partial charge in [-0.05, 0) is 13.0 Å². The lowest BCUT2D eigenvalue weighted by Gasteiger charge is -2.00. The summed E-state index contributed by atoms with van der Waals surface area (Å²) in [6.45, 7) is 1.15. The zero-order valence-corrected chi connectivity index (χ0v) is 6.54. The standard InChI is InChI=1S/C5H8O5S/c1-4(11(8,9)10)2-3-5(6)7/h2-4H,1H3,(H,6,7)(H,8,9,10)/p-1/b3-2+. The van der Waals surface area contributed by atoms with E-state index < -0.39 is 21.3 Å². The molecule has 5 nitrogen and oxygen atoms in total. The van der Waals surface area contributed by atoms with Crippen molar-refractivity contribution in [2.24, 2.45) is 0 Å². The molecular weight excluding hydrogens is 172 g/mol. The lowest BCUT2D eigenvalue weighted by atomic mass is 10.4. The Bertz CT molecular complexity index is 263. The summed E-state index contributed by atoms with van der Waals surface area (Å²) in [5.41, 5.74) is 0. The Kier molecular flexibility index (Phi) is 3.21. The van der Waals surface area contributed by atoms with Crippen molar-refractivity contribution < 1.29 is 22.9 Å². The minimum Gasteiger partial charge on any atom is -0.545 e. The SMILES string of the molecule is CC(/C=C/C(=O)[O-])S(=O)(=O)O. The quantitative estimate of drug-likeness (QED) is 0.423. The van der Waals surface area contributed by atoms with Crippen LogP contribution in [0.5, 0.6) is 0 Å². The van der Waals surface area contributed by atoms with Crippen molar-refractivity contribution in [3.8, 4) is 0 Å². The largest absolute Gasteiger partial charge is 0.545 e. The van der Waals surface area contributed by atoms with Crippen LogP contribution in [0.4, 0.5) is 0 Å². The van der Waals surface area contributed by atoms with Gasteiger partial charge in [-0.1, -0.05) is 6.08 Å². The molecule has 64 valence electrons. The van der Waals surface area contributed by atoms with Crippen molar-refractivity contribution >= 4 is 16.1 Å². The Balaban J connectivity index is 4.32. The van der Waals surface area contributed by atoms with Gasteiger partial charge in [-0.15, -0.1) is 0 Å². The molecule has 11 heavy (non-hydrogen) atoms. The molecule has 0 saturated heterocycles. The highest BCUT2D eigenvalue weighted by Gasteiger charge is 2.12. The molecule has 0 rings (SSSR count). The molecule has 0 aliphatic rings. The summed E-state index contributed by atoms with van der Waals surface area (Å²) >= 11 is 0. The zero-order valence-electron chi connectivity index (χ0n) is 5.72. The average molecular weight is 179 g/mol. The fourth-order valence-corrected chi connectivity index (χ4v) is 0.591. The molecule has 0 saturated carbocycles. The van der Waals surface area contributed by atoms with Crippen molar-refractivity contribution in [1.82, 2.24) is 0 Å². The first-order valence-corrected chi connectivity index (χ1v) is 4.20. The van der Waals surface area contributed by atoms with E-state index in [-0.39, 0.29) is 0 Å². The first-order chi connectivity index (χ1) is 4.84. The van der Waals surface area contributed by atoms with E-state index in [1.54, 1.807) is 0 Å². The number of carbonyl (C=O) groups excluding carboxylic acids is 1. The van der Waals surface area contributed by atoms with Gasteiger partial charge in [-0.25, -0.2) is 0 Å². The first kappa shape index (κ1) is 10.1. The molecule has 0 aromatic rings. The minimum atomic E-state index is -4.18. The van der Waals surface area contributed by atoms with Crippen molar-refractivity contribution in [3.63, 3.8) is 0 Å². The molecule has 0 bridgehead atoms. The third kappa shape index (κ3) is 4.51. The molecular formula is C5H7O5S-. The number of carboxylic acids is 1. The Morgan fingerprint density at radius 3 is 2.36 bits per heavy atom. The van der Waals surface area contributed by atoms with Crippen LogP contribution in [0, 0.1) is 0 Å². The van der Waals surface area contributed by atoms with Crippen LogP contribution in [0.25, 0.3) is 0 Å². The molecule has 1 atom stereocenters. The van der Waals surface area contributed by atoms with Crippen LogP contribution in [-0.2, 0) is 14.9 Å². The minimum absolute atomic E-state index is 0.554. The van der Waals surface area contributed by atoms with Crippen LogP contribution in [0.1, 0.15) is 6.92 Å². The van der Waals surface area contributed by atoms with Crippen LogP contribution in [-0.4, -0.2) is 24.2 Å². The van der Waals surface area contributed by atoms with Gasteiger partial charge >= 0.3 is 0 Å². The van der Waals surface area contributed by atoms with Crippen LogP contribution < -0.4 is 5.11 Å². The second kappa shape index (κ2) is 3.49. The van der Waals surface area contributed by atoms with Gasteiger partial charge in [0.05, 0.1) is 5.97 Å². The van der Waals surface area contributed by atoms with Gasteiger partial charge in [-0.2, -0.15) is 8.42 Å². The van der Waals surface area contributed by atoms with E-state index in [1.807, 2.05) is 0 Å². The lowest BCUT2D eigenvalue weighted by Crippen LogP contribution is -2.20. The maximum atomic E-state index is 10.2. The summed E-state index contributed by atoms with van der Waals surface area (Å²) in [7, 11) is -4.18. The summed E-state index contributed by atoms with van der Waals surface area (Å²) in [4.78, 5) is 9.76. The highest BCUT2D eigenvalue weighted by molar-refractivity contribution is 7.86. The molecule has 0 amide bonds. The Morgan fingerprint density at radius 1 is 1.64 bits per heavy atom. The molecule has 0 fully saturated rings. The smallest absolute Gasteiger partial charge is 0.271 e. The number of hydrogen-bond donors (Lipinski definition) is 1. The molecule has 0 aromatic heterocycles. The van der Waals surface area contributed by atoms with E-state index in [9.17, 15) is 18.3 Å². The molecule has 0 aliphatic heterocycles. The maximum absolute atomic E-state index is 10.2. The monoisotopic (exact) mass is 179 g/mol. The summed E-state index contributed by atoms with van der Waals surface area (Å²) in [5, 5.41) is 8.53. The third-order valence-corrected chi connectivity index (χ3v) is 2.07. The van der Waals surface area contributed by atoms with Gasteiger partial charge in [-0.3, -0.25) is 4.55 Å². The van der Waals surface area contributed by atoms with E-state index in [0.717, 1.165) is 13.0 Å². The average Bonchev–Trinajstić information content (AvgIpc) is 1.80. The third-order valence-electron chi connectivity index (χ3n) is 0.973. The van der Waals surface area contributed by atoms with E-state index in [0.29, 0.717) is 6.08 Å². The number of carboxylic acid groups (broad SMARTS) is 1. The van der Waals surface area contributed by atoms with E-state index in [1.165, 1.54) is 0 Å². The highest BCUT2D eigenvalue weighted by Crippen LogP contribution is 1.97. The molecule has 0 radical (unpaired) electrons. The normalized spacial score (nSPS) is 15.1. The van der Waals surface area contributed by atoms with Gasteiger partial charge < -0.3 is 9.90 Å². The summed E-state index contributed by atoms with van der Waals surface area (Å²) < 4.78 is 28.8. The van der Waals surface area contributed by atoms with Crippen LogP contribution in [0.2, 0.25) is 0 Å². The molecule has 1 unspecified atom stereocenters. The fourth-order valence-electron chi connectivity index (χ4n) is 0.313. The number of rotatable bonds is 3. The summed E-state index contributed by atoms with van der Waals surface area (Å²) in [6, 6.07) is 0. The van der Waals surface area contributed by atoms with Gasteiger partial charge in [0.15, 0.2) is 0 Å². The number of aliphatic carboxylic acids is 1. The second-order valence-corrected chi connectivity index (χ2v) is 3.67. The van der Waals surface area contributed by atoms with E-state index in [4.69, 9.17) is 4.55 Å². The second-order valence-electron chi connectivity index (χ2n) is 1.90. The number of hydrogen-bond acceptors (Lipinski definition) is 4. The summed E-state index contributed by atoms with van der Waals surface area (Å²) in [5.74, 6) is -1.50. The molecule has 0 aromatic carbocycles. The first-order valence-electron chi connectivity index (χ1n) is 2.69. The molecule has 0 spiro atoms. The zero-order chi connectivity index (χ0) is 9.07. The molecule has 0 aliphatic carbocycles. The van der Waals surface area contributed by atoms with Gasteiger partial charge in [0, 0.05) is 0 Å². The van der Waals surface area contributed by atoms with Crippen LogP contribution in [0.3, 0.4) is 0 Å². The van der Waals surface area contributed by atoms with Crippen molar-refractivity contribution in [1.29, 1.82) is 0 Å². The van der Waals surface area contributed by atoms with Crippen molar-refractivity contribution in [2.75, 3.05) is 0 Å². The highest BCUT2D eigenvalue weighted by atomic mass is 32.2. The molecule has 6 heteroatoms. The Hall–Kier alpha value is -0.880. The van der Waals surface area contributed by atoms with Crippen LogP contribution in [0.15, 0.2) is 12.2 Å². The lowest BCUT2D eigenvalue weighted by molar-refractivity contribution is -0.297. The predicted octanol–water partition coefficient (Wildman–Crippen LogP) is -1.43. The molecule has 0 heterocycles. The van der Waals surface area contributed by atoms with Gasteiger partial charge in [0.1, 0.15) is 5.25 Å². The van der Waals surface area contributed by atoms with Crippen molar-refractivity contribution in [3.05, 3.63) is 12.2 Å². The topological polar surface area (TPSA) is 94.5 Å².